The zero-order valence-corrected chi connectivity index (χ0v) is 6.79. The van der Waals surface area contributed by atoms with E-state index >= 15 is 0 Å². The monoisotopic (exact) mass is 165 g/mol. The number of hydrogen-bond donors (Lipinski definition) is 3. The molecule has 64 valence electrons. The molecule has 0 aliphatic rings. The average Bonchev–Trinajstić information content (AvgIpc) is 2.04. The number of rotatable bonds is 2. The third-order valence-electron chi connectivity index (χ3n) is 1.61. The van der Waals surface area contributed by atoms with E-state index in [2.05, 4.69) is 5.32 Å². The van der Waals surface area contributed by atoms with Gasteiger partial charge in [0.2, 0.25) is 5.91 Å². The number of carbonyl (C=O) groups is 1. The summed E-state index contributed by atoms with van der Waals surface area (Å²) in [7, 11) is 1.76. The van der Waals surface area contributed by atoms with Crippen molar-refractivity contribution in [2.45, 2.75) is 0 Å². The number of primary amides is 1. The van der Waals surface area contributed by atoms with Gasteiger partial charge in [0.1, 0.15) is 0 Å². The Kier molecular flexibility index (Phi) is 2.19. The normalized spacial score (nSPS) is 9.42. The summed E-state index contributed by atoms with van der Waals surface area (Å²) in [5.74, 6) is -0.468. The SMILES string of the molecule is CNc1ccc(C(N)=O)cc1N. The molecular formula is C8H11N3O. The minimum Gasteiger partial charge on any atom is -0.397 e. The number of benzene rings is 1. The summed E-state index contributed by atoms with van der Waals surface area (Å²) in [6.45, 7) is 0. The van der Waals surface area contributed by atoms with Crippen LogP contribution in [0, 0.1) is 0 Å². The molecule has 0 aliphatic heterocycles. The number of nitrogen functional groups attached to an aromatic ring is 1. The fraction of sp³-hybridized carbons (Fsp3) is 0.125. The van der Waals surface area contributed by atoms with Crippen LogP contribution in [0.5, 0.6) is 0 Å². The minimum atomic E-state index is -0.468. The molecule has 1 rings (SSSR count). The molecule has 1 aromatic rings. The van der Waals surface area contributed by atoms with Crippen molar-refractivity contribution in [1.29, 1.82) is 0 Å². The first-order valence-corrected chi connectivity index (χ1v) is 3.52. The maximum Gasteiger partial charge on any atom is 0.248 e. The van der Waals surface area contributed by atoms with Crippen molar-refractivity contribution in [3.8, 4) is 0 Å². The summed E-state index contributed by atoms with van der Waals surface area (Å²) in [6.07, 6.45) is 0. The van der Waals surface area contributed by atoms with E-state index in [-0.39, 0.29) is 0 Å². The summed E-state index contributed by atoms with van der Waals surface area (Å²) >= 11 is 0. The van der Waals surface area contributed by atoms with Gasteiger partial charge in [0, 0.05) is 12.6 Å². The van der Waals surface area contributed by atoms with Crippen LogP contribution in [0.15, 0.2) is 18.2 Å². The molecule has 12 heavy (non-hydrogen) atoms. The van der Waals surface area contributed by atoms with Crippen molar-refractivity contribution in [2.24, 2.45) is 5.73 Å². The number of nitrogens with one attached hydrogen (secondary N) is 1. The molecule has 0 fully saturated rings. The summed E-state index contributed by atoms with van der Waals surface area (Å²) in [5, 5.41) is 2.88. The maximum absolute atomic E-state index is 10.7. The highest BCUT2D eigenvalue weighted by atomic mass is 16.1. The molecule has 4 heteroatoms. The Hall–Kier alpha value is -1.71. The van der Waals surface area contributed by atoms with Crippen LogP contribution in [0.25, 0.3) is 0 Å². The van der Waals surface area contributed by atoms with Gasteiger partial charge in [-0.2, -0.15) is 0 Å². The van der Waals surface area contributed by atoms with E-state index in [0.29, 0.717) is 11.3 Å². The van der Waals surface area contributed by atoms with Crippen LogP contribution in [-0.4, -0.2) is 13.0 Å². The quantitative estimate of drug-likeness (QED) is 0.555. The summed E-state index contributed by atoms with van der Waals surface area (Å²) in [4.78, 5) is 10.7. The van der Waals surface area contributed by atoms with Gasteiger partial charge in [-0.3, -0.25) is 4.79 Å². The first-order chi connectivity index (χ1) is 5.65. The summed E-state index contributed by atoms with van der Waals surface area (Å²) in [5.41, 5.74) is 12.4. The van der Waals surface area contributed by atoms with Gasteiger partial charge < -0.3 is 16.8 Å². The van der Waals surface area contributed by atoms with Crippen LogP contribution in [0.2, 0.25) is 0 Å². The number of nitrogens with two attached hydrogens (primary N) is 2. The number of hydrogen-bond acceptors (Lipinski definition) is 3. The summed E-state index contributed by atoms with van der Waals surface area (Å²) in [6, 6.07) is 4.90. The second-order valence-corrected chi connectivity index (χ2v) is 2.42. The first kappa shape index (κ1) is 8.39. The van der Waals surface area contributed by atoms with Crippen molar-refractivity contribution in [3.05, 3.63) is 23.8 Å². The molecule has 0 spiro atoms. The lowest BCUT2D eigenvalue weighted by Crippen LogP contribution is -2.11. The number of amides is 1. The largest absolute Gasteiger partial charge is 0.397 e. The van der Waals surface area contributed by atoms with Crippen molar-refractivity contribution < 1.29 is 4.79 Å². The Morgan fingerprint density at radius 2 is 2.17 bits per heavy atom. The molecule has 1 amide bonds. The molecule has 0 aliphatic carbocycles. The number of carbonyl (C=O) groups excluding carboxylic acids is 1. The molecule has 0 radical (unpaired) electrons. The highest BCUT2D eigenvalue weighted by Crippen LogP contribution is 2.18. The van der Waals surface area contributed by atoms with Crippen LogP contribution < -0.4 is 16.8 Å². The lowest BCUT2D eigenvalue weighted by Gasteiger charge is -2.04. The molecular weight excluding hydrogens is 154 g/mol. The van der Waals surface area contributed by atoms with E-state index in [4.69, 9.17) is 11.5 Å². The van der Waals surface area contributed by atoms with Crippen LogP contribution in [-0.2, 0) is 0 Å². The van der Waals surface area contributed by atoms with E-state index in [1.165, 1.54) is 0 Å². The lowest BCUT2D eigenvalue weighted by atomic mass is 10.1. The fourth-order valence-corrected chi connectivity index (χ4v) is 0.944. The van der Waals surface area contributed by atoms with Crippen molar-refractivity contribution in [2.75, 3.05) is 18.1 Å². The Morgan fingerprint density at radius 3 is 2.58 bits per heavy atom. The topological polar surface area (TPSA) is 81.1 Å². The molecule has 5 N–H and O–H groups in total. The van der Waals surface area contributed by atoms with E-state index in [0.717, 1.165) is 5.69 Å². The minimum absolute atomic E-state index is 0.423. The van der Waals surface area contributed by atoms with Gasteiger partial charge in [-0.05, 0) is 18.2 Å². The van der Waals surface area contributed by atoms with E-state index in [9.17, 15) is 4.79 Å². The van der Waals surface area contributed by atoms with Crippen LogP contribution in [0.1, 0.15) is 10.4 Å². The molecule has 0 heterocycles. The first-order valence-electron chi connectivity index (χ1n) is 3.52. The average molecular weight is 165 g/mol. The molecule has 1 aromatic carbocycles. The van der Waals surface area contributed by atoms with E-state index in [1.54, 1.807) is 25.2 Å². The van der Waals surface area contributed by atoms with Crippen LogP contribution in [0.3, 0.4) is 0 Å². The van der Waals surface area contributed by atoms with Gasteiger partial charge in [-0.25, -0.2) is 0 Å². The second kappa shape index (κ2) is 3.13. The maximum atomic E-state index is 10.7. The zero-order valence-electron chi connectivity index (χ0n) is 6.79. The highest BCUT2D eigenvalue weighted by molar-refractivity contribution is 5.94. The molecule has 0 bridgehead atoms. The smallest absolute Gasteiger partial charge is 0.248 e. The Balaban J connectivity index is 3.10. The Morgan fingerprint density at radius 1 is 1.50 bits per heavy atom. The molecule has 4 nitrogen and oxygen atoms in total. The predicted octanol–water partition coefficient (Wildman–Crippen LogP) is 0.409. The number of anilines is 2. The zero-order chi connectivity index (χ0) is 9.14. The fourth-order valence-electron chi connectivity index (χ4n) is 0.944. The Bertz CT molecular complexity index is 309. The summed E-state index contributed by atoms with van der Waals surface area (Å²) < 4.78 is 0. The molecule has 0 saturated carbocycles. The Labute approximate surface area is 70.6 Å². The van der Waals surface area contributed by atoms with E-state index < -0.39 is 5.91 Å². The van der Waals surface area contributed by atoms with Crippen molar-refractivity contribution >= 4 is 17.3 Å². The van der Waals surface area contributed by atoms with Crippen molar-refractivity contribution in [3.63, 3.8) is 0 Å². The lowest BCUT2D eigenvalue weighted by molar-refractivity contribution is 0.100. The highest BCUT2D eigenvalue weighted by Gasteiger charge is 2.02. The second-order valence-electron chi connectivity index (χ2n) is 2.42. The third kappa shape index (κ3) is 1.47. The van der Waals surface area contributed by atoms with Gasteiger partial charge in [0.15, 0.2) is 0 Å². The molecule has 0 saturated heterocycles. The van der Waals surface area contributed by atoms with Crippen LogP contribution >= 0.6 is 0 Å². The molecule has 0 atom stereocenters. The van der Waals surface area contributed by atoms with Crippen LogP contribution in [0.4, 0.5) is 11.4 Å². The molecule has 0 unspecified atom stereocenters. The predicted molar refractivity (Wildman–Crippen MR) is 48.9 cm³/mol. The standard InChI is InChI=1S/C8H11N3O/c1-11-7-3-2-5(8(10)12)4-6(7)9/h2-4,11H,9H2,1H3,(H2,10,12). The van der Waals surface area contributed by atoms with Gasteiger partial charge >= 0.3 is 0 Å². The van der Waals surface area contributed by atoms with Gasteiger partial charge in [0.25, 0.3) is 0 Å². The van der Waals surface area contributed by atoms with Gasteiger partial charge in [0.05, 0.1) is 11.4 Å². The third-order valence-corrected chi connectivity index (χ3v) is 1.61. The van der Waals surface area contributed by atoms with Gasteiger partial charge in [-0.1, -0.05) is 0 Å². The molecule has 0 aromatic heterocycles. The van der Waals surface area contributed by atoms with Gasteiger partial charge in [-0.15, -0.1) is 0 Å². The van der Waals surface area contributed by atoms with Crippen molar-refractivity contribution in [1.82, 2.24) is 0 Å². The van der Waals surface area contributed by atoms with E-state index in [1.807, 2.05) is 0 Å².